The van der Waals surface area contributed by atoms with Gasteiger partial charge in [-0.15, -0.1) is 11.8 Å². The number of aromatic nitrogens is 1. The second-order valence-corrected chi connectivity index (χ2v) is 10.9. The van der Waals surface area contributed by atoms with Crippen molar-refractivity contribution in [2.45, 2.75) is 85.1 Å². The Morgan fingerprint density at radius 2 is 1.90 bits per heavy atom. The number of H-pyrrole nitrogens is 1. The van der Waals surface area contributed by atoms with E-state index in [-0.39, 0.29) is 11.6 Å². The summed E-state index contributed by atoms with van der Waals surface area (Å²) in [4.78, 5) is 29.6. The Morgan fingerprint density at radius 3 is 2.38 bits per heavy atom. The van der Waals surface area contributed by atoms with Crippen molar-refractivity contribution < 1.29 is 4.79 Å². The number of nitrogens with zero attached hydrogens (tertiary/aromatic N) is 1. The zero-order valence-corrected chi connectivity index (χ0v) is 27.2. The molecule has 5 rings (SSSR count). The van der Waals surface area contributed by atoms with Gasteiger partial charge in [-0.1, -0.05) is 51.1 Å². The van der Waals surface area contributed by atoms with Gasteiger partial charge in [-0.05, 0) is 99.9 Å². The first-order chi connectivity index (χ1) is 20.4. The van der Waals surface area contributed by atoms with E-state index in [2.05, 4.69) is 58.1 Å². The van der Waals surface area contributed by atoms with E-state index >= 15 is 0 Å². The van der Waals surface area contributed by atoms with E-state index in [1.54, 1.807) is 6.08 Å². The third-order valence-electron chi connectivity index (χ3n) is 6.84. The van der Waals surface area contributed by atoms with E-state index in [1.165, 1.54) is 55.8 Å². The summed E-state index contributed by atoms with van der Waals surface area (Å²) < 4.78 is 0. The molecule has 42 heavy (non-hydrogen) atoms. The van der Waals surface area contributed by atoms with Crippen molar-refractivity contribution in [3.8, 4) is 0 Å². The van der Waals surface area contributed by atoms with E-state index in [9.17, 15) is 9.59 Å². The Hall–Kier alpha value is -3.36. The molecule has 2 aliphatic carbocycles. The van der Waals surface area contributed by atoms with Gasteiger partial charge in [-0.2, -0.15) is 0 Å². The first kappa shape index (κ1) is 36.7. The number of pyridine rings is 1. The van der Waals surface area contributed by atoms with Gasteiger partial charge in [0.1, 0.15) is 0 Å². The van der Waals surface area contributed by atoms with Crippen LogP contribution >= 0.6 is 11.8 Å². The molecule has 1 aromatic carbocycles. The van der Waals surface area contributed by atoms with Crippen molar-refractivity contribution in [1.82, 2.24) is 10.3 Å². The third-order valence-corrected chi connectivity index (χ3v) is 7.70. The molecule has 2 aromatic rings. The van der Waals surface area contributed by atoms with E-state index in [4.69, 9.17) is 5.73 Å². The number of nitrogens with two attached hydrogens (primary N) is 2. The molecule has 230 valence electrons. The van der Waals surface area contributed by atoms with Crippen LogP contribution in [0.3, 0.4) is 0 Å². The molecule has 3 aliphatic rings. The SMILES string of the molecule is C1=CSCC1.C=Cc1cc2ccc(C3CCC3)c(C)c2[nH]c1=O.CC.CC(C)N=C1CCC(NC=O)=C/C1=C/N.CN. The number of aromatic amines is 1. The summed E-state index contributed by atoms with van der Waals surface area (Å²) in [5.41, 5.74) is 17.0. The molecule has 2 heterocycles. The predicted octanol–water partition coefficient (Wildman–Crippen LogP) is 7.09. The fraction of sp³-hybridized carbons (Fsp3) is 0.441. The highest BCUT2D eigenvalue weighted by Crippen LogP contribution is 2.39. The van der Waals surface area contributed by atoms with E-state index in [0.717, 1.165) is 40.7 Å². The summed E-state index contributed by atoms with van der Waals surface area (Å²) in [7, 11) is 1.50. The summed E-state index contributed by atoms with van der Waals surface area (Å²) in [6.45, 7) is 13.8. The van der Waals surface area contributed by atoms with Gasteiger partial charge >= 0.3 is 0 Å². The average molecular weight is 594 g/mol. The number of thioether (sulfide) groups is 1. The number of allylic oxidation sites excluding steroid dienone is 4. The van der Waals surface area contributed by atoms with Crippen molar-refractivity contribution in [1.29, 1.82) is 0 Å². The van der Waals surface area contributed by atoms with Crippen LogP contribution in [0.2, 0.25) is 0 Å². The molecule has 0 radical (unpaired) electrons. The Kier molecular flexibility index (Phi) is 17.9. The number of aryl methyl sites for hydroxylation is 1. The highest BCUT2D eigenvalue weighted by atomic mass is 32.2. The molecular formula is C34H51N5O2S. The number of fused-ring (bicyclic) bond motifs is 1. The highest BCUT2D eigenvalue weighted by Gasteiger charge is 2.22. The molecule has 7 nitrogen and oxygen atoms in total. The second-order valence-electron chi connectivity index (χ2n) is 9.88. The van der Waals surface area contributed by atoms with Crippen LogP contribution in [0, 0.1) is 6.92 Å². The van der Waals surface area contributed by atoms with Gasteiger partial charge in [-0.3, -0.25) is 14.6 Å². The fourth-order valence-corrected chi connectivity index (χ4v) is 5.31. The minimum atomic E-state index is -0.0497. The Morgan fingerprint density at radius 1 is 1.19 bits per heavy atom. The molecule has 0 bridgehead atoms. The number of benzene rings is 1. The summed E-state index contributed by atoms with van der Waals surface area (Å²) >= 11 is 1.89. The summed E-state index contributed by atoms with van der Waals surface area (Å²) in [6, 6.07) is 6.51. The van der Waals surface area contributed by atoms with Crippen LogP contribution in [0.15, 0.2) is 69.6 Å². The molecule has 1 amide bonds. The number of hydrogen-bond acceptors (Lipinski definition) is 6. The van der Waals surface area contributed by atoms with Gasteiger partial charge in [0.2, 0.25) is 6.41 Å². The molecule has 0 unspecified atom stereocenters. The molecule has 1 saturated carbocycles. The van der Waals surface area contributed by atoms with Crippen molar-refractivity contribution in [2.24, 2.45) is 16.5 Å². The van der Waals surface area contributed by atoms with E-state index in [1.807, 2.05) is 51.6 Å². The van der Waals surface area contributed by atoms with Crippen LogP contribution in [-0.4, -0.2) is 35.9 Å². The zero-order chi connectivity index (χ0) is 31.5. The largest absolute Gasteiger partial charge is 0.404 e. The lowest BCUT2D eigenvalue weighted by molar-refractivity contribution is -0.109. The first-order valence-electron chi connectivity index (χ1n) is 14.9. The normalized spacial score (nSPS) is 17.3. The van der Waals surface area contributed by atoms with Crippen LogP contribution in [0.5, 0.6) is 0 Å². The van der Waals surface area contributed by atoms with Crippen LogP contribution in [0.1, 0.15) is 88.8 Å². The average Bonchev–Trinajstić information content (AvgIpc) is 3.57. The maximum Gasteiger partial charge on any atom is 0.255 e. The minimum Gasteiger partial charge on any atom is -0.404 e. The van der Waals surface area contributed by atoms with Crippen LogP contribution in [0.25, 0.3) is 17.0 Å². The summed E-state index contributed by atoms with van der Waals surface area (Å²) in [5, 5.41) is 5.89. The maximum atomic E-state index is 11.9. The number of amides is 1. The lowest BCUT2D eigenvalue weighted by Crippen LogP contribution is -2.19. The predicted molar refractivity (Wildman–Crippen MR) is 185 cm³/mol. The third kappa shape index (κ3) is 11.1. The lowest BCUT2D eigenvalue weighted by atomic mass is 9.78. The minimum absolute atomic E-state index is 0.0497. The van der Waals surface area contributed by atoms with Gasteiger partial charge < -0.3 is 21.8 Å². The van der Waals surface area contributed by atoms with Crippen LogP contribution in [0.4, 0.5) is 0 Å². The number of aliphatic imine (C=N–C) groups is 1. The van der Waals surface area contributed by atoms with Crippen molar-refractivity contribution >= 4 is 40.9 Å². The van der Waals surface area contributed by atoms with E-state index in [0.29, 0.717) is 17.9 Å². The quantitative estimate of drug-likeness (QED) is 0.275. The molecule has 6 N–H and O–H groups in total. The van der Waals surface area contributed by atoms with Gasteiger partial charge in [-0.25, -0.2) is 0 Å². The summed E-state index contributed by atoms with van der Waals surface area (Å²) in [6.07, 6.45) is 14.7. The van der Waals surface area contributed by atoms with Gasteiger partial charge in [0, 0.05) is 40.5 Å². The van der Waals surface area contributed by atoms with Gasteiger partial charge in [0.05, 0.1) is 5.52 Å². The Labute approximate surface area is 256 Å². The van der Waals surface area contributed by atoms with Gasteiger partial charge in [0.25, 0.3) is 5.56 Å². The second kappa shape index (κ2) is 20.5. The lowest BCUT2D eigenvalue weighted by Gasteiger charge is -2.27. The van der Waals surface area contributed by atoms with E-state index < -0.39 is 0 Å². The molecule has 1 fully saturated rings. The fourth-order valence-electron chi connectivity index (χ4n) is 4.63. The number of carbonyl (C=O) groups excluding carboxylic acids is 1. The molecule has 1 aromatic heterocycles. The molecule has 0 saturated heterocycles. The molecule has 0 atom stereocenters. The Balaban J connectivity index is 0.000000331. The standard InChI is InChI=1S/C16H17NO.C11H17N3O.C4H6S.C2H6.CH5N/c1-3-11-9-13-7-8-14(12-5-4-6-12)10(2)15(13)17-16(11)18;1-8(2)14-11-4-3-10(13-7-15)5-9(11)6-12;1-2-4-5-3-1;2*1-2/h3,7-9,12H,1,4-6H2,2H3,(H,17,18);5-8H,3-4,12H2,1-2H3,(H,13,15);1,3H,2,4H2;1-2H3;2H2,1H3/b;9-6-,14-11?;;;. The molecular weight excluding hydrogens is 542 g/mol. The maximum absolute atomic E-state index is 11.9. The van der Waals surface area contributed by atoms with Crippen LogP contribution < -0.4 is 22.3 Å². The van der Waals surface area contributed by atoms with Crippen molar-refractivity contribution in [2.75, 3.05) is 12.8 Å². The first-order valence-corrected chi connectivity index (χ1v) is 16.0. The Bertz CT molecular complexity index is 1310. The molecule has 8 heteroatoms. The molecule has 0 spiro atoms. The molecule has 1 aliphatic heterocycles. The summed E-state index contributed by atoms with van der Waals surface area (Å²) in [5.74, 6) is 2.00. The number of nitrogens with one attached hydrogen (secondary N) is 2. The number of hydrogen-bond donors (Lipinski definition) is 4. The van der Waals surface area contributed by atoms with Crippen LogP contribution in [-0.2, 0) is 4.79 Å². The highest BCUT2D eigenvalue weighted by molar-refractivity contribution is 8.02. The number of rotatable bonds is 5. The topological polar surface area (TPSA) is 126 Å². The monoisotopic (exact) mass is 593 g/mol. The van der Waals surface area contributed by atoms with Crippen molar-refractivity contribution in [3.05, 3.63) is 86.9 Å². The smallest absolute Gasteiger partial charge is 0.255 e. The van der Waals surface area contributed by atoms with Crippen molar-refractivity contribution in [3.63, 3.8) is 0 Å². The van der Waals surface area contributed by atoms with Gasteiger partial charge in [0.15, 0.2) is 0 Å². The zero-order valence-electron chi connectivity index (χ0n) is 26.3. The number of carbonyl (C=O) groups is 1.